The van der Waals surface area contributed by atoms with Gasteiger partial charge in [-0.1, -0.05) is 0 Å². The van der Waals surface area contributed by atoms with Crippen molar-refractivity contribution in [3.8, 4) is 0 Å². The second kappa shape index (κ2) is 6.01. The van der Waals surface area contributed by atoms with Gasteiger partial charge in [-0.2, -0.15) is 21.8 Å². The molecule has 0 saturated carbocycles. The van der Waals surface area contributed by atoms with Crippen LogP contribution in [0.15, 0.2) is 6.33 Å². The van der Waals surface area contributed by atoms with E-state index in [0.717, 1.165) is 41.5 Å². The SMILES string of the molecule is Cc1nc2ncnn2c(C)c1CCC(=O)N1CCSCC1. The first kappa shape index (κ1) is 14.3. The van der Waals surface area contributed by atoms with Gasteiger partial charge in [-0.05, 0) is 25.8 Å². The van der Waals surface area contributed by atoms with E-state index in [-0.39, 0.29) is 5.91 Å². The van der Waals surface area contributed by atoms with Crippen molar-refractivity contribution in [3.05, 3.63) is 23.3 Å². The Hall–Kier alpha value is -1.63. The third-order valence-corrected chi connectivity index (χ3v) is 4.88. The number of rotatable bonds is 3. The molecule has 0 bridgehead atoms. The highest BCUT2D eigenvalue weighted by Gasteiger charge is 2.18. The van der Waals surface area contributed by atoms with E-state index < -0.39 is 0 Å². The zero-order valence-corrected chi connectivity index (χ0v) is 13.2. The molecule has 0 aliphatic carbocycles. The molecule has 6 nitrogen and oxygen atoms in total. The number of hydrogen-bond acceptors (Lipinski definition) is 5. The number of carbonyl (C=O) groups is 1. The van der Waals surface area contributed by atoms with Gasteiger partial charge in [0.2, 0.25) is 5.91 Å². The number of carbonyl (C=O) groups excluding carboxylic acids is 1. The number of fused-ring (bicyclic) bond motifs is 1. The average molecular weight is 305 g/mol. The molecule has 1 saturated heterocycles. The van der Waals surface area contributed by atoms with Gasteiger partial charge in [0.15, 0.2) is 0 Å². The Labute approximate surface area is 128 Å². The Morgan fingerprint density at radius 2 is 2.10 bits per heavy atom. The molecule has 1 aliphatic heterocycles. The molecule has 0 unspecified atom stereocenters. The van der Waals surface area contributed by atoms with Crippen molar-refractivity contribution in [1.29, 1.82) is 0 Å². The van der Waals surface area contributed by atoms with Gasteiger partial charge in [0, 0.05) is 42.4 Å². The predicted molar refractivity (Wildman–Crippen MR) is 82.5 cm³/mol. The molecule has 1 fully saturated rings. The van der Waals surface area contributed by atoms with E-state index in [0.29, 0.717) is 18.6 Å². The van der Waals surface area contributed by atoms with Crippen molar-refractivity contribution < 1.29 is 4.79 Å². The van der Waals surface area contributed by atoms with Crippen molar-refractivity contribution in [1.82, 2.24) is 24.5 Å². The Morgan fingerprint density at radius 3 is 2.86 bits per heavy atom. The van der Waals surface area contributed by atoms with E-state index in [1.807, 2.05) is 30.5 Å². The maximum Gasteiger partial charge on any atom is 0.252 e. The highest BCUT2D eigenvalue weighted by molar-refractivity contribution is 7.99. The van der Waals surface area contributed by atoms with Crippen LogP contribution in [-0.2, 0) is 11.2 Å². The lowest BCUT2D eigenvalue weighted by atomic mass is 10.1. The maximum atomic E-state index is 12.3. The van der Waals surface area contributed by atoms with E-state index in [9.17, 15) is 4.79 Å². The van der Waals surface area contributed by atoms with Gasteiger partial charge >= 0.3 is 0 Å². The minimum absolute atomic E-state index is 0.243. The van der Waals surface area contributed by atoms with E-state index in [1.54, 1.807) is 4.52 Å². The Balaban J connectivity index is 1.74. The van der Waals surface area contributed by atoms with E-state index >= 15 is 0 Å². The number of aryl methyl sites for hydroxylation is 2. The number of nitrogens with zero attached hydrogens (tertiary/aromatic N) is 5. The van der Waals surface area contributed by atoms with Crippen LogP contribution in [0.25, 0.3) is 5.78 Å². The van der Waals surface area contributed by atoms with Crippen molar-refractivity contribution in [2.75, 3.05) is 24.6 Å². The van der Waals surface area contributed by atoms with E-state index in [4.69, 9.17) is 0 Å². The Morgan fingerprint density at radius 1 is 1.33 bits per heavy atom. The quantitative estimate of drug-likeness (QED) is 0.854. The molecule has 0 spiro atoms. The number of thioether (sulfide) groups is 1. The normalized spacial score (nSPS) is 15.6. The van der Waals surface area contributed by atoms with Gasteiger partial charge in [0.05, 0.1) is 0 Å². The van der Waals surface area contributed by atoms with Crippen LogP contribution in [0.1, 0.15) is 23.4 Å². The highest BCUT2D eigenvalue weighted by Crippen LogP contribution is 2.16. The standard InChI is InChI=1S/C14H19N5OS/c1-10-12(11(2)19-14(17-10)15-9-16-19)3-4-13(20)18-5-7-21-8-6-18/h9H,3-8H2,1-2H3. The molecule has 2 aromatic rings. The third kappa shape index (κ3) is 2.88. The van der Waals surface area contributed by atoms with Crippen molar-refractivity contribution >= 4 is 23.4 Å². The summed E-state index contributed by atoms with van der Waals surface area (Å²) in [6.45, 7) is 5.73. The number of amides is 1. The second-order valence-corrected chi connectivity index (χ2v) is 6.45. The van der Waals surface area contributed by atoms with Crippen LogP contribution in [0.5, 0.6) is 0 Å². The molecule has 112 valence electrons. The molecule has 21 heavy (non-hydrogen) atoms. The summed E-state index contributed by atoms with van der Waals surface area (Å²) in [5.74, 6) is 2.97. The molecular weight excluding hydrogens is 286 g/mol. The average Bonchev–Trinajstić information content (AvgIpc) is 2.96. The van der Waals surface area contributed by atoms with Crippen molar-refractivity contribution in [2.24, 2.45) is 0 Å². The first-order valence-corrected chi connectivity index (χ1v) is 8.33. The molecule has 2 aromatic heterocycles. The third-order valence-electron chi connectivity index (χ3n) is 3.94. The smallest absolute Gasteiger partial charge is 0.252 e. The topological polar surface area (TPSA) is 63.4 Å². The minimum Gasteiger partial charge on any atom is -0.341 e. The maximum absolute atomic E-state index is 12.3. The highest BCUT2D eigenvalue weighted by atomic mass is 32.2. The summed E-state index contributed by atoms with van der Waals surface area (Å²) in [6, 6.07) is 0. The molecule has 0 atom stereocenters. The van der Waals surface area contributed by atoms with E-state index in [2.05, 4.69) is 15.1 Å². The fraction of sp³-hybridized carbons (Fsp3) is 0.571. The molecule has 3 heterocycles. The first-order valence-electron chi connectivity index (χ1n) is 7.18. The predicted octanol–water partition coefficient (Wildman–Crippen LogP) is 1.25. The number of aromatic nitrogens is 4. The summed E-state index contributed by atoms with van der Waals surface area (Å²) in [4.78, 5) is 22.8. The van der Waals surface area contributed by atoms with Crippen LogP contribution < -0.4 is 0 Å². The molecule has 7 heteroatoms. The molecular formula is C14H19N5OS. The largest absolute Gasteiger partial charge is 0.341 e. The lowest BCUT2D eigenvalue weighted by molar-refractivity contribution is -0.130. The Bertz CT molecular complexity index is 663. The number of hydrogen-bond donors (Lipinski definition) is 0. The summed E-state index contributed by atoms with van der Waals surface area (Å²) in [6.07, 6.45) is 2.76. The zero-order chi connectivity index (χ0) is 14.8. The van der Waals surface area contributed by atoms with E-state index in [1.165, 1.54) is 6.33 Å². The lowest BCUT2D eigenvalue weighted by Crippen LogP contribution is -2.38. The second-order valence-electron chi connectivity index (χ2n) is 5.23. The summed E-state index contributed by atoms with van der Waals surface area (Å²) >= 11 is 1.92. The van der Waals surface area contributed by atoms with Crippen LogP contribution >= 0.6 is 11.8 Å². The molecule has 3 rings (SSSR count). The summed E-state index contributed by atoms with van der Waals surface area (Å²) < 4.78 is 1.74. The molecule has 0 aromatic carbocycles. The monoisotopic (exact) mass is 305 g/mol. The van der Waals surface area contributed by atoms with Gasteiger partial charge < -0.3 is 4.90 Å². The van der Waals surface area contributed by atoms with Gasteiger partial charge in [0.25, 0.3) is 5.78 Å². The van der Waals surface area contributed by atoms with Gasteiger partial charge in [0.1, 0.15) is 6.33 Å². The van der Waals surface area contributed by atoms with Crippen LogP contribution in [-0.4, -0.2) is 55.0 Å². The fourth-order valence-corrected chi connectivity index (χ4v) is 3.62. The van der Waals surface area contributed by atoms with Crippen LogP contribution in [0.2, 0.25) is 0 Å². The lowest BCUT2D eigenvalue weighted by Gasteiger charge is -2.26. The van der Waals surface area contributed by atoms with Crippen LogP contribution in [0.4, 0.5) is 0 Å². The van der Waals surface area contributed by atoms with Gasteiger partial charge in [-0.25, -0.2) is 9.50 Å². The molecule has 0 radical (unpaired) electrons. The molecule has 0 N–H and O–H groups in total. The fourth-order valence-electron chi connectivity index (χ4n) is 2.72. The zero-order valence-electron chi connectivity index (χ0n) is 12.4. The van der Waals surface area contributed by atoms with Crippen LogP contribution in [0, 0.1) is 13.8 Å². The molecule has 1 aliphatic rings. The summed E-state index contributed by atoms with van der Waals surface area (Å²) in [7, 11) is 0. The van der Waals surface area contributed by atoms with Crippen molar-refractivity contribution in [3.63, 3.8) is 0 Å². The van der Waals surface area contributed by atoms with Crippen molar-refractivity contribution in [2.45, 2.75) is 26.7 Å². The minimum atomic E-state index is 0.243. The van der Waals surface area contributed by atoms with Gasteiger partial charge in [-0.3, -0.25) is 4.79 Å². The van der Waals surface area contributed by atoms with Crippen LogP contribution in [0.3, 0.4) is 0 Å². The summed E-state index contributed by atoms with van der Waals surface area (Å²) in [5.41, 5.74) is 3.07. The summed E-state index contributed by atoms with van der Waals surface area (Å²) in [5, 5.41) is 4.18. The first-order chi connectivity index (χ1) is 10.2. The molecule has 1 amide bonds. The van der Waals surface area contributed by atoms with Gasteiger partial charge in [-0.15, -0.1) is 0 Å². The Kier molecular flexibility index (Phi) is 4.10.